The van der Waals surface area contributed by atoms with Crippen molar-refractivity contribution in [3.05, 3.63) is 118 Å². The van der Waals surface area contributed by atoms with E-state index in [0.717, 1.165) is 34.0 Å². The van der Waals surface area contributed by atoms with E-state index < -0.39 is 0 Å². The summed E-state index contributed by atoms with van der Waals surface area (Å²) in [4.78, 5) is 27.2. The van der Waals surface area contributed by atoms with Gasteiger partial charge < -0.3 is 4.74 Å². The van der Waals surface area contributed by atoms with Gasteiger partial charge in [-0.3, -0.25) is 14.5 Å². The average molecular weight is 466 g/mol. The van der Waals surface area contributed by atoms with Gasteiger partial charge in [0.2, 0.25) is 0 Å². The molecule has 4 aromatic rings. The van der Waals surface area contributed by atoms with Crippen LogP contribution in [0.15, 0.2) is 95.9 Å². The smallest absolute Gasteiger partial charge is 0.293 e. The number of hydrogen-bond donors (Lipinski definition) is 0. The quantitative estimate of drug-likeness (QED) is 0.289. The van der Waals surface area contributed by atoms with Crippen LogP contribution in [0.4, 0.5) is 4.79 Å². The Morgan fingerprint density at radius 1 is 0.853 bits per heavy atom. The monoisotopic (exact) mass is 465 g/mol. The lowest BCUT2D eigenvalue weighted by Gasteiger charge is -2.14. The minimum Gasteiger partial charge on any atom is -0.489 e. The van der Waals surface area contributed by atoms with Crippen molar-refractivity contribution < 1.29 is 14.3 Å². The van der Waals surface area contributed by atoms with Gasteiger partial charge in [-0.25, -0.2) is 0 Å². The minimum atomic E-state index is -0.264. The van der Waals surface area contributed by atoms with Gasteiger partial charge in [-0.1, -0.05) is 78.9 Å². The van der Waals surface area contributed by atoms with Crippen LogP contribution < -0.4 is 4.74 Å². The van der Waals surface area contributed by atoms with Gasteiger partial charge in [0.05, 0.1) is 11.4 Å². The van der Waals surface area contributed by atoms with E-state index in [-0.39, 0.29) is 17.7 Å². The fourth-order valence-corrected chi connectivity index (χ4v) is 4.86. The summed E-state index contributed by atoms with van der Waals surface area (Å²) in [5.74, 6) is 0.446. The highest BCUT2D eigenvalue weighted by molar-refractivity contribution is 8.18. The van der Waals surface area contributed by atoms with Crippen molar-refractivity contribution in [2.45, 2.75) is 20.1 Å². The molecule has 0 saturated carbocycles. The van der Waals surface area contributed by atoms with E-state index in [1.54, 1.807) is 6.08 Å². The maximum Gasteiger partial charge on any atom is 0.293 e. The molecule has 0 radical (unpaired) electrons. The van der Waals surface area contributed by atoms with Crippen LogP contribution in [0.2, 0.25) is 0 Å². The molecule has 0 spiro atoms. The highest BCUT2D eigenvalue weighted by Crippen LogP contribution is 2.34. The van der Waals surface area contributed by atoms with Gasteiger partial charge in [-0.05, 0) is 69.9 Å². The molecule has 0 aliphatic carbocycles. The molecule has 4 nitrogen and oxygen atoms in total. The summed E-state index contributed by atoms with van der Waals surface area (Å²) in [7, 11) is 0. The molecule has 1 aliphatic heterocycles. The van der Waals surface area contributed by atoms with E-state index in [0.29, 0.717) is 17.3 Å². The third kappa shape index (κ3) is 4.61. The van der Waals surface area contributed by atoms with Crippen molar-refractivity contribution in [3.8, 4) is 5.75 Å². The fraction of sp³-hybridized carbons (Fsp3) is 0.103. The zero-order chi connectivity index (χ0) is 23.5. The molecule has 0 atom stereocenters. The highest BCUT2D eigenvalue weighted by atomic mass is 32.2. The van der Waals surface area contributed by atoms with Crippen molar-refractivity contribution in [2.75, 3.05) is 0 Å². The summed E-state index contributed by atoms with van der Waals surface area (Å²) in [6.07, 6.45) is 1.76. The molecule has 1 aliphatic rings. The number of hydrogen-bond acceptors (Lipinski definition) is 4. The van der Waals surface area contributed by atoms with E-state index in [9.17, 15) is 9.59 Å². The maximum absolute atomic E-state index is 12.9. The Bertz CT molecular complexity index is 1420. The predicted octanol–water partition coefficient (Wildman–Crippen LogP) is 6.96. The van der Waals surface area contributed by atoms with Gasteiger partial charge in [-0.15, -0.1) is 0 Å². The first-order valence-electron chi connectivity index (χ1n) is 11.1. The van der Waals surface area contributed by atoms with Crippen LogP contribution in [-0.2, 0) is 17.9 Å². The molecule has 1 saturated heterocycles. The van der Waals surface area contributed by atoms with Crippen LogP contribution in [0.5, 0.6) is 5.75 Å². The van der Waals surface area contributed by atoms with Gasteiger partial charge in [-0.2, -0.15) is 0 Å². The minimum absolute atomic E-state index is 0.247. The third-order valence-electron chi connectivity index (χ3n) is 5.89. The van der Waals surface area contributed by atoms with Crippen LogP contribution in [0.3, 0.4) is 0 Å². The van der Waals surface area contributed by atoms with Crippen LogP contribution >= 0.6 is 11.8 Å². The van der Waals surface area contributed by atoms with E-state index in [2.05, 4.69) is 24.3 Å². The number of aryl methyl sites for hydroxylation is 1. The Hall–Kier alpha value is -3.83. The Labute approximate surface area is 202 Å². The van der Waals surface area contributed by atoms with E-state index in [1.807, 2.05) is 73.7 Å². The topological polar surface area (TPSA) is 46.6 Å². The zero-order valence-corrected chi connectivity index (χ0v) is 19.5. The molecule has 168 valence electrons. The molecule has 1 fully saturated rings. The number of nitrogens with zero attached hydrogens (tertiary/aromatic N) is 1. The van der Waals surface area contributed by atoms with Gasteiger partial charge >= 0.3 is 0 Å². The summed E-state index contributed by atoms with van der Waals surface area (Å²) in [5.41, 5.74) is 3.95. The zero-order valence-electron chi connectivity index (χ0n) is 18.7. The lowest BCUT2D eigenvalue weighted by atomic mass is 10.1. The number of carbonyl (C=O) groups is 2. The Morgan fingerprint density at radius 3 is 2.47 bits per heavy atom. The van der Waals surface area contributed by atoms with Gasteiger partial charge in [0.15, 0.2) is 0 Å². The normalized spacial score (nSPS) is 14.9. The first-order valence-corrected chi connectivity index (χ1v) is 11.9. The summed E-state index contributed by atoms with van der Waals surface area (Å²) in [6.45, 7) is 2.70. The summed E-state index contributed by atoms with van der Waals surface area (Å²) >= 11 is 0.977. The summed E-state index contributed by atoms with van der Waals surface area (Å²) in [5, 5.41) is 2.10. The molecular weight excluding hydrogens is 442 g/mol. The molecule has 5 rings (SSSR count). The third-order valence-corrected chi connectivity index (χ3v) is 6.80. The van der Waals surface area contributed by atoms with E-state index >= 15 is 0 Å². The molecule has 5 heteroatoms. The van der Waals surface area contributed by atoms with Gasteiger partial charge in [0.1, 0.15) is 12.4 Å². The lowest BCUT2D eigenvalue weighted by Crippen LogP contribution is -2.27. The number of fused-ring (bicyclic) bond motifs is 1. The average Bonchev–Trinajstić information content (AvgIpc) is 3.11. The molecule has 0 N–H and O–H groups in total. The highest BCUT2D eigenvalue weighted by Gasteiger charge is 2.35. The van der Waals surface area contributed by atoms with Crippen LogP contribution in [0.25, 0.3) is 16.8 Å². The number of rotatable bonds is 6. The maximum atomic E-state index is 12.9. The molecule has 4 aromatic carbocycles. The standard InChI is InChI=1S/C29H23NO3S/c1-20-8-2-3-11-23(20)18-30-28(31)27(34-29(30)32)17-21-9-6-14-25(16-21)33-19-24-13-7-12-22-10-4-5-15-26(22)24/h2-17H,18-19H2,1H3/b27-17-. The predicted molar refractivity (Wildman–Crippen MR) is 137 cm³/mol. The van der Waals surface area contributed by atoms with E-state index in [1.165, 1.54) is 15.7 Å². The largest absolute Gasteiger partial charge is 0.489 e. The van der Waals surface area contributed by atoms with Crippen molar-refractivity contribution in [2.24, 2.45) is 0 Å². The summed E-state index contributed by atoms with van der Waals surface area (Å²) < 4.78 is 6.07. The van der Waals surface area contributed by atoms with Gasteiger partial charge in [0, 0.05) is 0 Å². The van der Waals surface area contributed by atoms with E-state index in [4.69, 9.17) is 4.74 Å². The molecule has 0 aromatic heterocycles. The second-order valence-electron chi connectivity index (χ2n) is 8.19. The first kappa shape index (κ1) is 22.0. The second-order valence-corrected chi connectivity index (χ2v) is 9.19. The number of benzene rings is 4. The molecule has 0 bridgehead atoms. The van der Waals surface area contributed by atoms with Crippen LogP contribution in [0.1, 0.15) is 22.3 Å². The van der Waals surface area contributed by atoms with Crippen molar-refractivity contribution >= 4 is 39.8 Å². The number of ether oxygens (including phenoxy) is 1. The van der Waals surface area contributed by atoms with Crippen molar-refractivity contribution in [3.63, 3.8) is 0 Å². The molecule has 2 amide bonds. The lowest BCUT2D eigenvalue weighted by molar-refractivity contribution is -0.123. The van der Waals surface area contributed by atoms with Crippen molar-refractivity contribution in [1.82, 2.24) is 4.90 Å². The summed E-state index contributed by atoms with van der Waals surface area (Å²) in [6, 6.07) is 29.8. The SMILES string of the molecule is Cc1ccccc1CN1C(=O)S/C(=C\c2cccc(OCc3cccc4ccccc34)c2)C1=O. The first-order chi connectivity index (χ1) is 16.6. The second kappa shape index (κ2) is 9.57. The Morgan fingerprint density at radius 2 is 1.59 bits per heavy atom. The number of imide groups is 1. The number of amides is 2. The molecule has 0 unspecified atom stereocenters. The van der Waals surface area contributed by atoms with Gasteiger partial charge in [0.25, 0.3) is 11.1 Å². The van der Waals surface area contributed by atoms with Crippen LogP contribution in [-0.4, -0.2) is 16.0 Å². The molecular formula is C29H23NO3S. The van der Waals surface area contributed by atoms with Crippen molar-refractivity contribution in [1.29, 1.82) is 0 Å². The Kier molecular flexibility index (Phi) is 6.19. The molecule has 1 heterocycles. The van der Waals surface area contributed by atoms with Crippen LogP contribution in [0, 0.1) is 6.92 Å². The number of thioether (sulfide) groups is 1. The molecule has 34 heavy (non-hydrogen) atoms. The number of carbonyl (C=O) groups excluding carboxylic acids is 2. The fourth-order valence-electron chi connectivity index (χ4n) is 4.02. The Balaban J connectivity index is 1.31.